The third-order valence-electron chi connectivity index (χ3n) is 2.64. The van der Waals surface area contributed by atoms with Gasteiger partial charge in [0, 0.05) is 17.4 Å². The van der Waals surface area contributed by atoms with Gasteiger partial charge in [0.1, 0.15) is 5.82 Å². The molecule has 21 heavy (non-hydrogen) atoms. The molecule has 0 unspecified atom stereocenters. The zero-order valence-electron chi connectivity index (χ0n) is 10.6. The van der Waals surface area contributed by atoms with Crippen molar-refractivity contribution in [3.05, 3.63) is 53.7 Å². The fourth-order valence-electron chi connectivity index (χ4n) is 1.60. The number of nitrogens with one attached hydrogen (secondary N) is 2. The van der Waals surface area contributed by atoms with E-state index in [1.807, 2.05) is 0 Å². The number of hydrogen-bond donors (Lipinski definition) is 3. The summed E-state index contributed by atoms with van der Waals surface area (Å²) >= 11 is 0. The highest BCUT2D eigenvalue weighted by Crippen LogP contribution is 2.29. The van der Waals surface area contributed by atoms with Crippen LogP contribution >= 0.6 is 0 Å². The first-order valence-electron chi connectivity index (χ1n) is 5.81. The van der Waals surface area contributed by atoms with Gasteiger partial charge in [-0.1, -0.05) is 0 Å². The van der Waals surface area contributed by atoms with E-state index in [2.05, 4.69) is 15.7 Å². The maximum atomic E-state index is 12.4. The average Bonchev–Trinajstić information content (AvgIpc) is 2.47. The largest absolute Gasteiger partial charge is 0.416 e. The van der Waals surface area contributed by atoms with Crippen LogP contribution in [0.5, 0.6) is 0 Å². The number of nitrogen functional groups attached to an aromatic ring is 1. The normalized spacial score (nSPS) is 11.0. The van der Waals surface area contributed by atoms with Gasteiger partial charge in [0.25, 0.3) is 5.91 Å². The SMILES string of the molecule is NNc1cc(C(=O)Nc2ccc(C(F)(F)F)cc2)ccn1. The Morgan fingerprint density at radius 3 is 2.38 bits per heavy atom. The summed E-state index contributed by atoms with van der Waals surface area (Å²) in [6.07, 6.45) is -3.02. The van der Waals surface area contributed by atoms with Crippen molar-refractivity contribution in [1.29, 1.82) is 0 Å². The molecule has 0 fully saturated rings. The number of aromatic nitrogens is 1. The minimum absolute atomic E-state index is 0.257. The van der Waals surface area contributed by atoms with Crippen molar-refractivity contribution in [3.63, 3.8) is 0 Å². The van der Waals surface area contributed by atoms with Gasteiger partial charge in [-0.05, 0) is 36.4 Å². The highest BCUT2D eigenvalue weighted by atomic mass is 19.4. The molecule has 1 aromatic heterocycles. The molecule has 2 rings (SSSR count). The predicted octanol–water partition coefficient (Wildman–Crippen LogP) is 2.64. The number of alkyl halides is 3. The van der Waals surface area contributed by atoms with Crippen molar-refractivity contribution < 1.29 is 18.0 Å². The number of pyridine rings is 1. The second kappa shape index (κ2) is 5.80. The predicted molar refractivity (Wildman–Crippen MR) is 71.4 cm³/mol. The fraction of sp³-hybridized carbons (Fsp3) is 0.0769. The van der Waals surface area contributed by atoms with E-state index < -0.39 is 17.6 Å². The van der Waals surface area contributed by atoms with Crippen molar-refractivity contribution in [1.82, 2.24) is 4.98 Å². The van der Waals surface area contributed by atoms with E-state index in [1.54, 1.807) is 0 Å². The fourth-order valence-corrected chi connectivity index (χ4v) is 1.60. The van der Waals surface area contributed by atoms with E-state index in [-0.39, 0.29) is 11.3 Å². The molecule has 110 valence electrons. The minimum atomic E-state index is -4.41. The number of hydrazine groups is 1. The lowest BCUT2D eigenvalue weighted by Crippen LogP contribution is -2.14. The molecule has 0 radical (unpaired) electrons. The Balaban J connectivity index is 2.12. The molecule has 0 aliphatic rings. The van der Waals surface area contributed by atoms with Crippen molar-refractivity contribution in [2.45, 2.75) is 6.18 Å². The van der Waals surface area contributed by atoms with Crippen LogP contribution in [0, 0.1) is 0 Å². The van der Waals surface area contributed by atoms with E-state index in [0.29, 0.717) is 5.82 Å². The maximum absolute atomic E-state index is 12.4. The molecule has 0 aliphatic heterocycles. The van der Waals surface area contributed by atoms with Gasteiger partial charge in [-0.2, -0.15) is 13.2 Å². The zero-order chi connectivity index (χ0) is 15.5. The Morgan fingerprint density at radius 2 is 1.81 bits per heavy atom. The molecule has 2 aromatic rings. The summed E-state index contributed by atoms with van der Waals surface area (Å²) in [4.78, 5) is 15.8. The molecule has 5 nitrogen and oxygen atoms in total. The highest BCUT2D eigenvalue weighted by Gasteiger charge is 2.29. The van der Waals surface area contributed by atoms with Gasteiger partial charge >= 0.3 is 6.18 Å². The number of halogens is 3. The van der Waals surface area contributed by atoms with E-state index in [9.17, 15) is 18.0 Å². The third-order valence-corrected chi connectivity index (χ3v) is 2.64. The van der Waals surface area contributed by atoms with Crippen molar-refractivity contribution in [3.8, 4) is 0 Å². The maximum Gasteiger partial charge on any atom is 0.416 e. The molecule has 8 heteroatoms. The summed E-state index contributed by atoms with van der Waals surface area (Å²) in [5, 5.41) is 2.49. The van der Waals surface area contributed by atoms with Gasteiger partial charge < -0.3 is 10.7 Å². The van der Waals surface area contributed by atoms with E-state index in [1.165, 1.54) is 30.5 Å². The second-order valence-electron chi connectivity index (χ2n) is 4.10. The van der Waals surface area contributed by atoms with Crippen LogP contribution in [-0.2, 0) is 6.18 Å². The van der Waals surface area contributed by atoms with Crippen LogP contribution in [0.15, 0.2) is 42.6 Å². The molecular weight excluding hydrogens is 285 g/mol. The van der Waals surface area contributed by atoms with Gasteiger partial charge in [-0.15, -0.1) is 0 Å². The molecule has 0 bridgehead atoms. The molecule has 0 saturated heterocycles. The summed E-state index contributed by atoms with van der Waals surface area (Å²) in [5.74, 6) is 5.00. The van der Waals surface area contributed by atoms with Gasteiger partial charge in [0.15, 0.2) is 0 Å². The summed E-state index contributed by atoms with van der Waals surface area (Å²) < 4.78 is 37.3. The van der Waals surface area contributed by atoms with Crippen molar-refractivity contribution in [2.75, 3.05) is 10.7 Å². The summed E-state index contributed by atoms with van der Waals surface area (Å²) in [6, 6.07) is 7.04. The van der Waals surface area contributed by atoms with Gasteiger partial charge in [-0.25, -0.2) is 10.8 Å². The summed E-state index contributed by atoms with van der Waals surface area (Å²) in [7, 11) is 0. The summed E-state index contributed by atoms with van der Waals surface area (Å²) in [5.41, 5.74) is 2.05. The monoisotopic (exact) mass is 296 g/mol. The van der Waals surface area contributed by atoms with Crippen LogP contribution in [0.3, 0.4) is 0 Å². The van der Waals surface area contributed by atoms with Crippen LogP contribution in [0.4, 0.5) is 24.7 Å². The van der Waals surface area contributed by atoms with Crippen LogP contribution in [0.2, 0.25) is 0 Å². The Kier molecular flexibility index (Phi) is 4.08. The van der Waals surface area contributed by atoms with E-state index in [4.69, 9.17) is 5.84 Å². The van der Waals surface area contributed by atoms with Crippen LogP contribution in [-0.4, -0.2) is 10.9 Å². The lowest BCUT2D eigenvalue weighted by Gasteiger charge is -2.09. The van der Waals surface area contributed by atoms with E-state index in [0.717, 1.165) is 12.1 Å². The minimum Gasteiger partial charge on any atom is -0.322 e. The average molecular weight is 296 g/mol. The number of nitrogens with two attached hydrogens (primary N) is 1. The van der Waals surface area contributed by atoms with Gasteiger partial charge in [-0.3, -0.25) is 4.79 Å². The van der Waals surface area contributed by atoms with E-state index >= 15 is 0 Å². The quantitative estimate of drug-likeness (QED) is 0.601. The molecule has 4 N–H and O–H groups in total. The number of amides is 1. The molecular formula is C13H11F3N4O. The van der Waals surface area contributed by atoms with Crippen LogP contribution in [0.25, 0.3) is 0 Å². The molecule has 0 aliphatic carbocycles. The van der Waals surface area contributed by atoms with Crippen molar-refractivity contribution >= 4 is 17.4 Å². The number of carbonyl (C=O) groups excluding carboxylic acids is 1. The molecule has 1 amide bonds. The van der Waals surface area contributed by atoms with Gasteiger partial charge in [0.05, 0.1) is 5.56 Å². The Morgan fingerprint density at radius 1 is 1.14 bits per heavy atom. The topological polar surface area (TPSA) is 80.0 Å². The summed E-state index contributed by atoms with van der Waals surface area (Å²) in [6.45, 7) is 0. The first-order valence-corrected chi connectivity index (χ1v) is 5.81. The lowest BCUT2D eigenvalue weighted by molar-refractivity contribution is -0.137. The van der Waals surface area contributed by atoms with Crippen LogP contribution in [0.1, 0.15) is 15.9 Å². The first-order chi connectivity index (χ1) is 9.90. The van der Waals surface area contributed by atoms with Crippen LogP contribution < -0.4 is 16.6 Å². The number of anilines is 2. The number of rotatable bonds is 3. The number of hydrogen-bond acceptors (Lipinski definition) is 4. The highest BCUT2D eigenvalue weighted by molar-refractivity contribution is 6.04. The standard InChI is InChI=1S/C13H11F3N4O/c14-13(15,16)9-1-3-10(4-2-9)19-12(21)8-5-6-18-11(7-8)20-17/h1-7H,17H2,(H,18,20)(H,19,21). The molecule has 0 spiro atoms. The first kappa shape index (κ1) is 14.8. The Bertz CT molecular complexity index is 641. The third kappa shape index (κ3) is 3.69. The molecule has 1 aromatic carbocycles. The zero-order valence-corrected chi connectivity index (χ0v) is 10.6. The Labute approximate surface area is 118 Å². The number of nitrogens with zero attached hydrogens (tertiary/aromatic N) is 1. The number of carbonyl (C=O) groups is 1. The Hall–Kier alpha value is -2.61. The number of benzene rings is 1. The molecule has 0 atom stereocenters. The smallest absolute Gasteiger partial charge is 0.322 e. The molecule has 1 heterocycles. The molecule has 0 saturated carbocycles. The van der Waals surface area contributed by atoms with Gasteiger partial charge in [0.2, 0.25) is 0 Å². The second-order valence-corrected chi connectivity index (χ2v) is 4.10. The lowest BCUT2D eigenvalue weighted by atomic mass is 10.2. The van der Waals surface area contributed by atoms with Crippen molar-refractivity contribution in [2.24, 2.45) is 5.84 Å².